The summed E-state index contributed by atoms with van der Waals surface area (Å²) in [6, 6.07) is 0. The molecule has 0 bridgehead atoms. The highest BCUT2D eigenvalue weighted by Gasteiger charge is 2.19. The molecule has 15 heavy (non-hydrogen) atoms. The van der Waals surface area contributed by atoms with E-state index in [9.17, 15) is 4.79 Å². The zero-order valence-corrected chi connectivity index (χ0v) is 8.76. The molecule has 1 aliphatic rings. The molecular weight excluding hydrogens is 204 g/mol. The molecule has 0 saturated carbocycles. The van der Waals surface area contributed by atoms with Crippen LogP contribution in [0.25, 0.3) is 0 Å². The van der Waals surface area contributed by atoms with Crippen molar-refractivity contribution in [2.24, 2.45) is 0 Å². The van der Waals surface area contributed by atoms with Crippen LogP contribution in [0.15, 0.2) is 12.7 Å². The number of hydrogen-bond acceptors (Lipinski definition) is 6. The van der Waals surface area contributed by atoms with Gasteiger partial charge >= 0.3 is 5.97 Å². The topological polar surface area (TPSA) is 99.5 Å². The van der Waals surface area contributed by atoms with Crippen molar-refractivity contribution in [2.45, 2.75) is 6.10 Å². The maximum absolute atomic E-state index is 9.84. The van der Waals surface area contributed by atoms with E-state index in [4.69, 9.17) is 15.3 Å². The van der Waals surface area contributed by atoms with E-state index in [2.05, 4.69) is 16.1 Å². The number of aliphatic hydroxyl groups excluding tert-OH is 3. The van der Waals surface area contributed by atoms with Crippen molar-refractivity contribution in [3.05, 3.63) is 12.7 Å². The molecule has 1 fully saturated rings. The smallest absolute Gasteiger partial charge is 0.329 e. The first-order chi connectivity index (χ1) is 7.15. The van der Waals surface area contributed by atoms with E-state index in [1.54, 1.807) is 0 Å². The van der Waals surface area contributed by atoms with Gasteiger partial charge in [0.25, 0.3) is 0 Å². The van der Waals surface area contributed by atoms with Gasteiger partial charge in [0.15, 0.2) is 0 Å². The lowest BCUT2D eigenvalue weighted by atomic mass is 10.5. The van der Waals surface area contributed by atoms with E-state index in [1.165, 1.54) is 7.11 Å². The molecule has 0 aromatic heterocycles. The van der Waals surface area contributed by atoms with Gasteiger partial charge in [-0.1, -0.05) is 6.58 Å². The van der Waals surface area contributed by atoms with Crippen molar-refractivity contribution in [1.29, 1.82) is 0 Å². The molecule has 0 aliphatic carbocycles. The Morgan fingerprint density at radius 3 is 2.00 bits per heavy atom. The molecule has 1 unspecified atom stereocenters. The Labute approximate surface area is 88.7 Å². The molecule has 1 atom stereocenters. The van der Waals surface area contributed by atoms with Crippen molar-refractivity contribution in [3.63, 3.8) is 0 Å². The number of carbonyl (C=O) groups is 1. The summed E-state index contributed by atoms with van der Waals surface area (Å²) in [5.74, 6) is -0.394. The van der Waals surface area contributed by atoms with E-state index in [0.717, 1.165) is 12.7 Å². The minimum atomic E-state index is -0.394. The van der Waals surface area contributed by atoms with Crippen LogP contribution in [0.4, 0.5) is 0 Å². The molecule has 0 radical (unpaired) electrons. The van der Waals surface area contributed by atoms with Gasteiger partial charge in [-0.05, 0) is 0 Å². The zero-order chi connectivity index (χ0) is 12.1. The second kappa shape index (κ2) is 13.1. The maximum Gasteiger partial charge on any atom is 0.329 e. The highest BCUT2D eigenvalue weighted by Crippen LogP contribution is 2.04. The number of hydrogen-bond donors (Lipinski definition) is 3. The molecule has 0 amide bonds. The minimum Gasteiger partial charge on any atom is -0.466 e. The maximum atomic E-state index is 9.84. The molecule has 6 nitrogen and oxygen atoms in total. The summed E-state index contributed by atoms with van der Waals surface area (Å²) in [6.45, 7) is 3.86. The lowest BCUT2D eigenvalue weighted by Crippen LogP contribution is -1.91. The number of ether oxygens (including phenoxy) is 2. The molecular formula is C9H18O6. The summed E-state index contributed by atoms with van der Waals surface area (Å²) >= 11 is 0. The van der Waals surface area contributed by atoms with E-state index in [-0.39, 0.29) is 25.9 Å². The third kappa shape index (κ3) is 19.5. The normalized spacial score (nSPS) is 16.1. The van der Waals surface area contributed by atoms with E-state index in [1.807, 2.05) is 0 Å². The zero-order valence-electron chi connectivity index (χ0n) is 8.76. The fourth-order valence-corrected chi connectivity index (χ4v) is 0.257. The average molecular weight is 222 g/mol. The standard InChI is InChI=1S/C4H6O2.C3H6O2.C2H6O2/c1-3-4(5)6-2;4-1-3-2-5-3;3-1-2-4/h3H,1H2,2H3;3-4H,1-2H2;3-4H,1-2H2. The van der Waals surface area contributed by atoms with Crippen LogP contribution in [-0.4, -0.2) is 60.9 Å². The van der Waals surface area contributed by atoms with Gasteiger partial charge in [-0.3, -0.25) is 0 Å². The molecule has 0 aromatic carbocycles. The minimum absolute atomic E-state index is 0.125. The Bertz CT molecular complexity index is 153. The fraction of sp³-hybridized carbons (Fsp3) is 0.667. The van der Waals surface area contributed by atoms with Gasteiger partial charge < -0.3 is 24.8 Å². The summed E-state index contributed by atoms with van der Waals surface area (Å²) in [7, 11) is 1.31. The molecule has 0 aromatic rings. The number of methoxy groups -OCH3 is 1. The molecule has 90 valence electrons. The van der Waals surface area contributed by atoms with Crippen molar-refractivity contribution >= 4 is 5.97 Å². The number of aliphatic hydroxyl groups is 3. The van der Waals surface area contributed by atoms with Crippen LogP contribution in [-0.2, 0) is 14.3 Å². The molecule has 1 saturated heterocycles. The van der Waals surface area contributed by atoms with Crippen molar-refractivity contribution in [2.75, 3.05) is 33.5 Å². The SMILES string of the molecule is C=CC(=O)OC.OCC1CO1.OCCO. The van der Waals surface area contributed by atoms with Gasteiger partial charge in [-0.25, -0.2) is 4.79 Å². The quantitative estimate of drug-likeness (QED) is 0.311. The first kappa shape index (κ1) is 16.5. The molecule has 1 heterocycles. The third-order valence-electron chi connectivity index (χ3n) is 1.07. The van der Waals surface area contributed by atoms with Crippen molar-refractivity contribution < 1.29 is 29.6 Å². The first-order valence-electron chi connectivity index (χ1n) is 4.30. The van der Waals surface area contributed by atoms with Crippen LogP contribution in [0.5, 0.6) is 0 Å². The number of epoxide rings is 1. The summed E-state index contributed by atoms with van der Waals surface area (Å²) in [5.41, 5.74) is 0. The second-order valence-corrected chi connectivity index (χ2v) is 2.31. The number of rotatable bonds is 3. The van der Waals surface area contributed by atoms with Crippen LogP contribution >= 0.6 is 0 Å². The van der Waals surface area contributed by atoms with E-state index in [0.29, 0.717) is 0 Å². The van der Waals surface area contributed by atoms with Crippen LogP contribution in [0.3, 0.4) is 0 Å². The predicted molar refractivity (Wildman–Crippen MR) is 53.2 cm³/mol. The molecule has 1 rings (SSSR count). The average Bonchev–Trinajstić information content (AvgIpc) is 3.12. The van der Waals surface area contributed by atoms with Gasteiger partial charge in [-0.2, -0.15) is 0 Å². The first-order valence-corrected chi connectivity index (χ1v) is 4.30. The Morgan fingerprint density at radius 2 is 2.00 bits per heavy atom. The highest BCUT2D eigenvalue weighted by atomic mass is 16.6. The van der Waals surface area contributed by atoms with Gasteiger partial charge in [-0.15, -0.1) is 0 Å². The van der Waals surface area contributed by atoms with Gasteiger partial charge in [0.1, 0.15) is 6.10 Å². The van der Waals surface area contributed by atoms with Crippen LogP contribution in [0.2, 0.25) is 0 Å². The molecule has 3 N–H and O–H groups in total. The molecule has 1 aliphatic heterocycles. The summed E-state index contributed by atoms with van der Waals surface area (Å²) in [6.07, 6.45) is 1.30. The largest absolute Gasteiger partial charge is 0.466 e. The van der Waals surface area contributed by atoms with Gasteiger partial charge in [0.05, 0.1) is 33.5 Å². The van der Waals surface area contributed by atoms with Crippen molar-refractivity contribution in [3.8, 4) is 0 Å². The number of carbonyl (C=O) groups excluding carboxylic acids is 1. The van der Waals surface area contributed by atoms with E-state index >= 15 is 0 Å². The molecule has 6 heteroatoms. The Balaban J connectivity index is 0. The van der Waals surface area contributed by atoms with Crippen LogP contribution in [0, 0.1) is 0 Å². The van der Waals surface area contributed by atoms with Gasteiger partial charge in [0.2, 0.25) is 0 Å². The third-order valence-corrected chi connectivity index (χ3v) is 1.07. The monoisotopic (exact) mass is 222 g/mol. The highest BCUT2D eigenvalue weighted by molar-refractivity contribution is 5.80. The van der Waals surface area contributed by atoms with Crippen molar-refractivity contribution in [1.82, 2.24) is 0 Å². The van der Waals surface area contributed by atoms with Crippen LogP contribution in [0.1, 0.15) is 0 Å². The Kier molecular flexibility index (Phi) is 14.3. The molecule has 0 spiro atoms. The number of esters is 1. The predicted octanol–water partition coefficient (Wildman–Crippen LogP) is -1.31. The second-order valence-electron chi connectivity index (χ2n) is 2.31. The van der Waals surface area contributed by atoms with Gasteiger partial charge in [0, 0.05) is 6.08 Å². The van der Waals surface area contributed by atoms with Crippen LogP contribution < -0.4 is 0 Å². The Hall–Kier alpha value is -0.950. The lowest BCUT2D eigenvalue weighted by Gasteiger charge is -1.83. The lowest BCUT2D eigenvalue weighted by molar-refractivity contribution is -0.134. The summed E-state index contributed by atoms with van der Waals surface area (Å²) in [4.78, 5) is 9.84. The Morgan fingerprint density at radius 1 is 1.53 bits per heavy atom. The van der Waals surface area contributed by atoms with E-state index < -0.39 is 5.97 Å². The fourth-order valence-electron chi connectivity index (χ4n) is 0.257. The summed E-state index contributed by atoms with van der Waals surface area (Å²) < 4.78 is 8.75. The summed E-state index contributed by atoms with van der Waals surface area (Å²) in [5, 5.41) is 23.3.